The topological polar surface area (TPSA) is 53.4 Å². The van der Waals surface area contributed by atoms with E-state index in [1.165, 1.54) is 5.56 Å². The molecule has 0 aliphatic carbocycles. The SMILES string of the molecule is CCCCCc1c(C)nc(N2CC[NH+](Cc3ccccc3)CC2)[nH]c1=O. The molecular weight excluding hydrogens is 324 g/mol. The highest BCUT2D eigenvalue weighted by Crippen LogP contribution is 2.11. The smallest absolute Gasteiger partial charge is 0.255 e. The van der Waals surface area contributed by atoms with E-state index in [1.807, 2.05) is 6.92 Å². The van der Waals surface area contributed by atoms with Crippen molar-refractivity contribution in [3.05, 3.63) is 57.5 Å². The lowest BCUT2D eigenvalue weighted by molar-refractivity contribution is -0.914. The Labute approximate surface area is 156 Å². The van der Waals surface area contributed by atoms with Crippen LogP contribution >= 0.6 is 0 Å². The lowest BCUT2D eigenvalue weighted by atomic mass is 10.1. The van der Waals surface area contributed by atoms with Crippen molar-refractivity contribution >= 4 is 5.95 Å². The van der Waals surface area contributed by atoms with Gasteiger partial charge in [-0.25, -0.2) is 4.98 Å². The molecule has 5 nitrogen and oxygen atoms in total. The Bertz CT molecular complexity index is 748. The second-order valence-electron chi connectivity index (χ2n) is 7.31. The zero-order valence-corrected chi connectivity index (χ0v) is 16.1. The molecule has 0 amide bonds. The predicted molar refractivity (Wildman–Crippen MR) is 106 cm³/mol. The second-order valence-corrected chi connectivity index (χ2v) is 7.31. The fourth-order valence-electron chi connectivity index (χ4n) is 3.69. The number of aromatic amines is 1. The molecular formula is C21H31N4O+. The third-order valence-corrected chi connectivity index (χ3v) is 5.31. The Morgan fingerprint density at radius 1 is 1.15 bits per heavy atom. The molecule has 2 aromatic rings. The molecule has 0 unspecified atom stereocenters. The third-order valence-electron chi connectivity index (χ3n) is 5.31. The summed E-state index contributed by atoms with van der Waals surface area (Å²) < 4.78 is 0. The van der Waals surface area contributed by atoms with E-state index in [1.54, 1.807) is 4.90 Å². The molecule has 2 N–H and O–H groups in total. The van der Waals surface area contributed by atoms with Gasteiger partial charge in [0.05, 0.1) is 26.2 Å². The summed E-state index contributed by atoms with van der Waals surface area (Å²) in [5, 5.41) is 0. The average Bonchev–Trinajstić information content (AvgIpc) is 2.65. The summed E-state index contributed by atoms with van der Waals surface area (Å²) in [4.78, 5) is 24.0. The van der Waals surface area contributed by atoms with Gasteiger partial charge in [-0.3, -0.25) is 9.78 Å². The number of H-pyrrole nitrogens is 1. The zero-order chi connectivity index (χ0) is 18.4. The van der Waals surface area contributed by atoms with Crippen molar-refractivity contribution in [1.82, 2.24) is 9.97 Å². The van der Waals surface area contributed by atoms with Crippen LogP contribution < -0.4 is 15.4 Å². The highest BCUT2D eigenvalue weighted by Gasteiger charge is 2.22. The first-order valence-corrected chi connectivity index (χ1v) is 9.89. The Hall–Kier alpha value is -2.14. The number of nitrogens with one attached hydrogen (secondary N) is 2. The van der Waals surface area contributed by atoms with Gasteiger partial charge in [0.2, 0.25) is 5.95 Å². The summed E-state index contributed by atoms with van der Waals surface area (Å²) in [5.74, 6) is 0.741. The monoisotopic (exact) mass is 355 g/mol. The summed E-state index contributed by atoms with van der Waals surface area (Å²) in [6.07, 6.45) is 4.21. The van der Waals surface area contributed by atoms with Crippen molar-refractivity contribution in [2.45, 2.75) is 46.1 Å². The minimum Gasteiger partial charge on any atom is -0.331 e. The summed E-state index contributed by atoms with van der Waals surface area (Å²) in [6, 6.07) is 10.7. The molecule has 0 atom stereocenters. The Morgan fingerprint density at radius 3 is 2.54 bits per heavy atom. The van der Waals surface area contributed by atoms with Crippen LogP contribution in [-0.4, -0.2) is 36.1 Å². The summed E-state index contributed by atoms with van der Waals surface area (Å²) in [6.45, 7) is 9.20. The van der Waals surface area contributed by atoms with Crippen LogP contribution in [0, 0.1) is 6.92 Å². The van der Waals surface area contributed by atoms with Crippen LogP contribution in [0.4, 0.5) is 5.95 Å². The molecule has 0 bridgehead atoms. The minimum atomic E-state index is 0.0441. The van der Waals surface area contributed by atoms with E-state index in [9.17, 15) is 4.79 Å². The Kier molecular flexibility index (Phi) is 6.45. The molecule has 0 spiro atoms. The highest BCUT2D eigenvalue weighted by molar-refractivity contribution is 5.33. The van der Waals surface area contributed by atoms with Crippen molar-refractivity contribution in [3.63, 3.8) is 0 Å². The van der Waals surface area contributed by atoms with Gasteiger partial charge in [-0.15, -0.1) is 0 Å². The molecule has 0 saturated carbocycles. The van der Waals surface area contributed by atoms with Crippen molar-refractivity contribution in [2.24, 2.45) is 0 Å². The van der Waals surface area contributed by atoms with Gasteiger partial charge in [-0.05, 0) is 19.8 Å². The fraction of sp³-hybridized carbons (Fsp3) is 0.524. The van der Waals surface area contributed by atoms with Gasteiger partial charge in [-0.1, -0.05) is 50.1 Å². The minimum absolute atomic E-state index is 0.0441. The van der Waals surface area contributed by atoms with E-state index >= 15 is 0 Å². The number of aryl methyl sites for hydroxylation is 1. The normalized spacial score (nSPS) is 15.4. The molecule has 140 valence electrons. The molecule has 2 heterocycles. The number of hydrogen-bond acceptors (Lipinski definition) is 3. The van der Waals surface area contributed by atoms with Crippen LogP contribution in [0.2, 0.25) is 0 Å². The first-order chi connectivity index (χ1) is 12.7. The van der Waals surface area contributed by atoms with Crippen molar-refractivity contribution < 1.29 is 4.90 Å². The van der Waals surface area contributed by atoms with E-state index in [2.05, 4.69) is 47.1 Å². The number of unbranched alkanes of at least 4 members (excludes halogenated alkanes) is 2. The van der Waals surface area contributed by atoms with Crippen LogP contribution in [0.25, 0.3) is 0 Å². The lowest BCUT2D eigenvalue weighted by Gasteiger charge is -2.32. The number of rotatable bonds is 7. The van der Waals surface area contributed by atoms with Gasteiger partial charge >= 0.3 is 0 Å². The van der Waals surface area contributed by atoms with E-state index < -0.39 is 0 Å². The van der Waals surface area contributed by atoms with Gasteiger partial charge in [0.25, 0.3) is 5.56 Å². The lowest BCUT2D eigenvalue weighted by Crippen LogP contribution is -3.13. The first kappa shape index (κ1) is 18.6. The van der Waals surface area contributed by atoms with Crippen LogP contribution in [0.1, 0.15) is 43.0 Å². The van der Waals surface area contributed by atoms with Gasteiger partial charge in [0, 0.05) is 16.8 Å². The van der Waals surface area contributed by atoms with E-state index in [4.69, 9.17) is 4.98 Å². The van der Waals surface area contributed by atoms with Crippen molar-refractivity contribution in [3.8, 4) is 0 Å². The largest absolute Gasteiger partial charge is 0.331 e. The molecule has 1 saturated heterocycles. The maximum atomic E-state index is 12.5. The van der Waals surface area contributed by atoms with Crippen LogP contribution in [0.5, 0.6) is 0 Å². The number of aromatic nitrogens is 2. The number of anilines is 1. The molecule has 3 rings (SSSR count). The molecule has 1 fully saturated rings. The van der Waals surface area contributed by atoms with E-state index in [0.29, 0.717) is 0 Å². The number of benzene rings is 1. The number of nitrogens with zero attached hydrogens (tertiary/aromatic N) is 2. The van der Waals surface area contributed by atoms with Crippen LogP contribution in [0.3, 0.4) is 0 Å². The standard InChI is InChI=1S/C21H30N4O/c1-3-4-6-11-19-17(2)22-21(23-20(19)26)25-14-12-24(13-15-25)16-18-9-7-5-8-10-18/h5,7-10H,3-4,6,11-16H2,1-2H3,(H,22,23,26)/p+1. The molecule has 1 aromatic heterocycles. The van der Waals surface area contributed by atoms with Gasteiger partial charge in [0.1, 0.15) is 6.54 Å². The van der Waals surface area contributed by atoms with E-state index in [-0.39, 0.29) is 5.56 Å². The highest BCUT2D eigenvalue weighted by atomic mass is 16.1. The van der Waals surface area contributed by atoms with Crippen molar-refractivity contribution in [1.29, 1.82) is 0 Å². The molecule has 0 radical (unpaired) electrons. The third kappa shape index (κ3) is 4.73. The van der Waals surface area contributed by atoms with Gasteiger partial charge < -0.3 is 9.80 Å². The Balaban J connectivity index is 1.59. The summed E-state index contributed by atoms with van der Waals surface area (Å²) in [5.41, 5.74) is 3.17. The van der Waals surface area contributed by atoms with Gasteiger partial charge in [0.15, 0.2) is 0 Å². The van der Waals surface area contributed by atoms with Gasteiger partial charge in [-0.2, -0.15) is 0 Å². The summed E-state index contributed by atoms with van der Waals surface area (Å²) in [7, 11) is 0. The van der Waals surface area contributed by atoms with E-state index in [0.717, 1.165) is 75.6 Å². The zero-order valence-electron chi connectivity index (χ0n) is 16.1. The fourth-order valence-corrected chi connectivity index (χ4v) is 3.69. The van der Waals surface area contributed by atoms with Crippen LogP contribution in [0.15, 0.2) is 35.1 Å². The molecule has 1 aliphatic rings. The maximum absolute atomic E-state index is 12.5. The summed E-state index contributed by atoms with van der Waals surface area (Å²) >= 11 is 0. The number of quaternary nitrogens is 1. The van der Waals surface area contributed by atoms with Crippen molar-refractivity contribution in [2.75, 3.05) is 31.1 Å². The Morgan fingerprint density at radius 2 is 1.88 bits per heavy atom. The molecule has 26 heavy (non-hydrogen) atoms. The first-order valence-electron chi connectivity index (χ1n) is 9.89. The quantitative estimate of drug-likeness (QED) is 0.744. The predicted octanol–water partition coefficient (Wildman–Crippen LogP) is 1.72. The molecule has 5 heteroatoms. The number of hydrogen-bond donors (Lipinski definition) is 2. The second kappa shape index (κ2) is 8.99. The maximum Gasteiger partial charge on any atom is 0.255 e. The number of piperazine rings is 1. The molecule has 1 aromatic carbocycles. The molecule has 1 aliphatic heterocycles. The average molecular weight is 356 g/mol. The van der Waals surface area contributed by atoms with Crippen LogP contribution in [-0.2, 0) is 13.0 Å².